The van der Waals surface area contributed by atoms with Gasteiger partial charge in [-0.15, -0.1) is 0 Å². The first kappa shape index (κ1) is 14.0. The molecule has 2 amide bonds. The van der Waals surface area contributed by atoms with E-state index in [1.165, 1.54) is 11.9 Å². The topological polar surface area (TPSA) is 86.7 Å². The van der Waals surface area contributed by atoms with Crippen molar-refractivity contribution in [3.05, 3.63) is 30.3 Å². The van der Waals surface area contributed by atoms with Crippen LogP contribution in [0.1, 0.15) is 12.8 Å². The highest BCUT2D eigenvalue weighted by molar-refractivity contribution is 6.06. The number of hydrogen-bond donors (Lipinski definition) is 2. The van der Waals surface area contributed by atoms with Gasteiger partial charge in [-0.1, -0.05) is 18.2 Å². The average Bonchev–Trinajstić information content (AvgIpc) is 3.20. The Labute approximate surface area is 116 Å². The maximum Gasteiger partial charge on any atom is 0.319 e. The van der Waals surface area contributed by atoms with E-state index in [0.29, 0.717) is 18.5 Å². The van der Waals surface area contributed by atoms with E-state index in [4.69, 9.17) is 5.11 Å². The molecular weight excluding hydrogens is 260 g/mol. The lowest BCUT2D eigenvalue weighted by Gasteiger charge is -2.20. The third-order valence-corrected chi connectivity index (χ3v) is 3.35. The van der Waals surface area contributed by atoms with E-state index in [2.05, 4.69) is 5.32 Å². The van der Waals surface area contributed by atoms with Crippen molar-refractivity contribution in [3.63, 3.8) is 0 Å². The van der Waals surface area contributed by atoms with Crippen LogP contribution in [0.3, 0.4) is 0 Å². The molecule has 2 rings (SSSR count). The summed E-state index contributed by atoms with van der Waals surface area (Å²) in [6.45, 7) is -0.164. The average molecular weight is 276 g/mol. The van der Waals surface area contributed by atoms with Crippen LogP contribution >= 0.6 is 0 Å². The summed E-state index contributed by atoms with van der Waals surface area (Å²) in [6, 6.07) is 8.87. The quantitative estimate of drug-likeness (QED) is 0.784. The van der Waals surface area contributed by atoms with Gasteiger partial charge < -0.3 is 15.3 Å². The lowest BCUT2D eigenvalue weighted by molar-refractivity contribution is -0.153. The maximum atomic E-state index is 12.0. The lowest BCUT2D eigenvalue weighted by Crippen LogP contribution is -2.42. The van der Waals surface area contributed by atoms with Gasteiger partial charge in [0.15, 0.2) is 0 Å². The molecule has 0 saturated heterocycles. The van der Waals surface area contributed by atoms with Crippen LogP contribution in [0.15, 0.2) is 30.3 Å². The Bertz CT molecular complexity index is 537. The monoisotopic (exact) mass is 276 g/mol. The highest BCUT2D eigenvalue weighted by atomic mass is 16.4. The molecule has 106 valence electrons. The molecule has 1 saturated carbocycles. The highest BCUT2D eigenvalue weighted by Gasteiger charge is 2.58. The number of para-hydroxylation sites is 1. The standard InChI is InChI=1S/C14H16N2O4/c1-16(12(18)14(7-8-14)13(19)20)9-11(17)15-10-5-3-2-4-6-10/h2-6H,7-9H2,1H3,(H,15,17)(H,19,20). The van der Waals surface area contributed by atoms with Crippen LogP contribution in [-0.2, 0) is 14.4 Å². The normalized spacial score (nSPS) is 15.2. The molecule has 0 heterocycles. The van der Waals surface area contributed by atoms with Gasteiger partial charge >= 0.3 is 5.97 Å². The largest absolute Gasteiger partial charge is 0.480 e. The van der Waals surface area contributed by atoms with Gasteiger partial charge in [0, 0.05) is 12.7 Å². The Morgan fingerprint density at radius 1 is 1.25 bits per heavy atom. The van der Waals surface area contributed by atoms with Crippen molar-refractivity contribution < 1.29 is 19.5 Å². The predicted molar refractivity (Wildman–Crippen MR) is 72.0 cm³/mol. The van der Waals surface area contributed by atoms with Crippen LogP contribution in [0, 0.1) is 5.41 Å². The second kappa shape index (κ2) is 5.32. The van der Waals surface area contributed by atoms with E-state index in [0.717, 1.165) is 0 Å². The number of carboxylic acids is 1. The number of nitrogens with one attached hydrogen (secondary N) is 1. The van der Waals surface area contributed by atoms with Gasteiger partial charge in [0.1, 0.15) is 5.41 Å². The van der Waals surface area contributed by atoms with Crippen LogP contribution in [0.25, 0.3) is 0 Å². The van der Waals surface area contributed by atoms with Crippen molar-refractivity contribution in [2.24, 2.45) is 5.41 Å². The van der Waals surface area contributed by atoms with Gasteiger partial charge in [0.05, 0.1) is 6.54 Å². The molecule has 0 radical (unpaired) electrons. The second-order valence-corrected chi connectivity index (χ2v) is 4.96. The molecule has 1 fully saturated rings. The highest BCUT2D eigenvalue weighted by Crippen LogP contribution is 2.47. The summed E-state index contributed by atoms with van der Waals surface area (Å²) in [5, 5.41) is 11.7. The number of aliphatic carboxylic acids is 1. The van der Waals surface area contributed by atoms with Crippen LogP contribution in [0.5, 0.6) is 0 Å². The fourth-order valence-electron chi connectivity index (χ4n) is 2.02. The molecule has 0 bridgehead atoms. The van der Waals surface area contributed by atoms with Gasteiger partial charge in [-0.3, -0.25) is 14.4 Å². The molecular formula is C14H16N2O4. The first-order valence-electron chi connectivity index (χ1n) is 6.29. The summed E-state index contributed by atoms with van der Waals surface area (Å²) >= 11 is 0. The van der Waals surface area contributed by atoms with Gasteiger partial charge in [-0.05, 0) is 25.0 Å². The van der Waals surface area contributed by atoms with E-state index in [1.807, 2.05) is 6.07 Å². The molecule has 1 aliphatic carbocycles. The van der Waals surface area contributed by atoms with Gasteiger partial charge in [-0.2, -0.15) is 0 Å². The molecule has 0 unspecified atom stereocenters. The number of hydrogen-bond acceptors (Lipinski definition) is 3. The molecule has 1 aliphatic rings. The molecule has 2 N–H and O–H groups in total. The Morgan fingerprint density at radius 2 is 1.85 bits per heavy atom. The van der Waals surface area contributed by atoms with Crippen molar-refractivity contribution in [3.8, 4) is 0 Å². The summed E-state index contributed by atoms with van der Waals surface area (Å²) in [7, 11) is 1.44. The lowest BCUT2D eigenvalue weighted by atomic mass is 10.1. The minimum atomic E-state index is -1.30. The van der Waals surface area contributed by atoms with Crippen molar-refractivity contribution in [2.75, 3.05) is 18.9 Å². The molecule has 1 aromatic carbocycles. The number of rotatable bonds is 5. The zero-order chi connectivity index (χ0) is 14.8. The van der Waals surface area contributed by atoms with Crippen LogP contribution in [-0.4, -0.2) is 41.4 Å². The van der Waals surface area contributed by atoms with Gasteiger partial charge in [0.2, 0.25) is 11.8 Å². The van der Waals surface area contributed by atoms with Crippen molar-refractivity contribution in [1.82, 2.24) is 4.90 Å². The fraction of sp³-hybridized carbons (Fsp3) is 0.357. The minimum absolute atomic E-state index is 0.164. The number of anilines is 1. The summed E-state index contributed by atoms with van der Waals surface area (Å²) in [6.07, 6.45) is 0.678. The first-order valence-corrected chi connectivity index (χ1v) is 6.29. The fourth-order valence-corrected chi connectivity index (χ4v) is 2.02. The first-order chi connectivity index (χ1) is 9.45. The van der Waals surface area contributed by atoms with E-state index in [9.17, 15) is 14.4 Å². The molecule has 0 aliphatic heterocycles. The summed E-state index contributed by atoms with van der Waals surface area (Å²) < 4.78 is 0. The molecule has 0 spiro atoms. The summed E-state index contributed by atoms with van der Waals surface area (Å²) in [4.78, 5) is 36.0. The van der Waals surface area contributed by atoms with Crippen LogP contribution < -0.4 is 5.32 Å². The Morgan fingerprint density at radius 3 is 2.35 bits per heavy atom. The number of amides is 2. The Hall–Kier alpha value is -2.37. The third kappa shape index (κ3) is 2.79. The molecule has 0 aromatic heterocycles. The zero-order valence-electron chi connectivity index (χ0n) is 11.1. The van der Waals surface area contributed by atoms with E-state index in [-0.39, 0.29) is 12.5 Å². The summed E-state index contributed by atoms with van der Waals surface area (Å²) in [5.41, 5.74) is -0.667. The number of benzene rings is 1. The van der Waals surface area contributed by atoms with Gasteiger partial charge in [0.25, 0.3) is 0 Å². The van der Waals surface area contributed by atoms with Crippen LogP contribution in [0.2, 0.25) is 0 Å². The number of likely N-dealkylation sites (N-methyl/N-ethyl adjacent to an activating group) is 1. The molecule has 20 heavy (non-hydrogen) atoms. The Kier molecular flexibility index (Phi) is 3.74. The van der Waals surface area contributed by atoms with Crippen molar-refractivity contribution >= 4 is 23.5 Å². The molecule has 0 atom stereocenters. The zero-order valence-corrected chi connectivity index (χ0v) is 11.1. The molecule has 6 heteroatoms. The molecule has 6 nitrogen and oxygen atoms in total. The van der Waals surface area contributed by atoms with E-state index in [1.54, 1.807) is 24.3 Å². The second-order valence-electron chi connectivity index (χ2n) is 4.96. The SMILES string of the molecule is CN(CC(=O)Nc1ccccc1)C(=O)C1(C(=O)O)CC1. The number of nitrogens with zero attached hydrogens (tertiary/aromatic N) is 1. The van der Waals surface area contributed by atoms with Crippen LogP contribution in [0.4, 0.5) is 5.69 Å². The van der Waals surface area contributed by atoms with E-state index < -0.39 is 17.3 Å². The number of carbonyl (C=O) groups is 3. The van der Waals surface area contributed by atoms with Gasteiger partial charge in [-0.25, -0.2) is 0 Å². The van der Waals surface area contributed by atoms with Crippen molar-refractivity contribution in [1.29, 1.82) is 0 Å². The Balaban J connectivity index is 1.91. The summed E-state index contributed by atoms with van der Waals surface area (Å²) in [5.74, 6) is -1.97. The smallest absolute Gasteiger partial charge is 0.319 e. The van der Waals surface area contributed by atoms with E-state index >= 15 is 0 Å². The maximum absolute atomic E-state index is 12.0. The third-order valence-electron chi connectivity index (χ3n) is 3.35. The number of carboxylic acid groups (broad SMARTS) is 1. The number of carbonyl (C=O) groups excluding carboxylic acids is 2. The van der Waals surface area contributed by atoms with Crippen molar-refractivity contribution in [2.45, 2.75) is 12.8 Å². The minimum Gasteiger partial charge on any atom is -0.480 e. The predicted octanol–water partition coefficient (Wildman–Crippen LogP) is 0.948. The molecule has 1 aromatic rings.